The topological polar surface area (TPSA) is 59.8 Å². The fourth-order valence-electron chi connectivity index (χ4n) is 2.53. The average Bonchev–Trinajstić information content (AvgIpc) is 3.31. The number of nitrogens with one attached hydrogen (secondary N) is 1. The van der Waals surface area contributed by atoms with Crippen LogP contribution in [0.2, 0.25) is 0 Å². The van der Waals surface area contributed by atoms with E-state index in [-0.39, 0.29) is 17.8 Å². The van der Waals surface area contributed by atoms with Crippen LogP contribution in [0.3, 0.4) is 0 Å². The van der Waals surface area contributed by atoms with E-state index < -0.39 is 0 Å². The van der Waals surface area contributed by atoms with Crippen molar-refractivity contribution in [2.45, 2.75) is 25.8 Å². The zero-order valence-corrected chi connectivity index (χ0v) is 13.4. The molecular weight excluding hydrogens is 300 g/mol. The Hall–Kier alpha value is -2.95. The van der Waals surface area contributed by atoms with Gasteiger partial charge in [-0.3, -0.25) is 4.79 Å². The van der Waals surface area contributed by atoms with Gasteiger partial charge in [0.1, 0.15) is 0 Å². The molecule has 0 atom stereocenters. The van der Waals surface area contributed by atoms with Crippen molar-refractivity contribution in [2.75, 3.05) is 0 Å². The lowest BCUT2D eigenvalue weighted by molar-refractivity contribution is 0.0941. The van der Waals surface area contributed by atoms with Gasteiger partial charge in [-0.05, 0) is 31.9 Å². The number of rotatable bonds is 4. The lowest BCUT2D eigenvalue weighted by Crippen LogP contribution is -2.26. The summed E-state index contributed by atoms with van der Waals surface area (Å²) in [7, 11) is 0. The molecule has 1 heterocycles. The highest BCUT2D eigenvalue weighted by Crippen LogP contribution is 2.22. The fraction of sp³-hybridized carbons (Fsp3) is 0.211. The minimum atomic E-state index is -0.208. The van der Waals surface area contributed by atoms with Crippen molar-refractivity contribution in [1.82, 2.24) is 20.1 Å². The summed E-state index contributed by atoms with van der Waals surface area (Å²) in [4.78, 5) is 16.8. The molecule has 1 saturated carbocycles. The third-order valence-corrected chi connectivity index (χ3v) is 4.03. The highest BCUT2D eigenvalue weighted by atomic mass is 16.2. The Morgan fingerprint density at radius 2 is 1.79 bits per heavy atom. The maximum Gasteiger partial charge on any atom is 0.291 e. The first-order valence-corrected chi connectivity index (χ1v) is 8.11. The first-order valence-electron chi connectivity index (χ1n) is 8.11. The summed E-state index contributed by atoms with van der Waals surface area (Å²) in [6.07, 6.45) is 2.08. The SMILES string of the molecule is Cc1ccc(-n2nc(C(=O)NC3CC3)nc2-c2ccccc2)cc1. The second-order valence-corrected chi connectivity index (χ2v) is 6.12. The van der Waals surface area contributed by atoms with Gasteiger partial charge in [-0.1, -0.05) is 48.0 Å². The third kappa shape index (κ3) is 2.93. The number of carbonyl (C=O) groups excluding carboxylic acids is 1. The van der Waals surface area contributed by atoms with E-state index in [2.05, 4.69) is 15.4 Å². The summed E-state index contributed by atoms with van der Waals surface area (Å²) >= 11 is 0. The van der Waals surface area contributed by atoms with Crippen molar-refractivity contribution in [1.29, 1.82) is 0 Å². The molecule has 0 unspecified atom stereocenters. The Morgan fingerprint density at radius 1 is 1.08 bits per heavy atom. The first-order chi connectivity index (χ1) is 11.7. The fourth-order valence-corrected chi connectivity index (χ4v) is 2.53. The van der Waals surface area contributed by atoms with Crippen LogP contribution in [0.1, 0.15) is 29.0 Å². The van der Waals surface area contributed by atoms with Crippen LogP contribution in [0.25, 0.3) is 17.1 Å². The number of carbonyl (C=O) groups is 1. The summed E-state index contributed by atoms with van der Waals surface area (Å²) in [5.74, 6) is 0.669. The van der Waals surface area contributed by atoms with Gasteiger partial charge in [0.05, 0.1) is 5.69 Å². The number of nitrogens with zero attached hydrogens (tertiary/aromatic N) is 3. The van der Waals surface area contributed by atoms with E-state index in [0.29, 0.717) is 5.82 Å². The number of aromatic nitrogens is 3. The molecule has 0 saturated heterocycles. The molecule has 1 aliphatic rings. The van der Waals surface area contributed by atoms with Gasteiger partial charge in [0.15, 0.2) is 5.82 Å². The van der Waals surface area contributed by atoms with Gasteiger partial charge in [-0.2, -0.15) is 0 Å². The first kappa shape index (κ1) is 14.6. The molecule has 3 aromatic rings. The maximum absolute atomic E-state index is 12.3. The van der Waals surface area contributed by atoms with Crippen molar-refractivity contribution in [3.8, 4) is 17.1 Å². The highest BCUT2D eigenvalue weighted by Gasteiger charge is 2.26. The highest BCUT2D eigenvalue weighted by molar-refractivity contribution is 5.91. The van der Waals surface area contributed by atoms with Crippen molar-refractivity contribution >= 4 is 5.91 Å². The van der Waals surface area contributed by atoms with Gasteiger partial charge in [-0.15, -0.1) is 5.10 Å². The molecule has 5 heteroatoms. The predicted octanol–water partition coefficient (Wildman–Crippen LogP) is 3.13. The van der Waals surface area contributed by atoms with Gasteiger partial charge in [0, 0.05) is 11.6 Å². The van der Waals surface area contributed by atoms with E-state index in [0.717, 1.165) is 24.1 Å². The van der Waals surface area contributed by atoms with E-state index in [4.69, 9.17) is 0 Å². The molecule has 0 spiro atoms. The average molecular weight is 318 g/mol. The van der Waals surface area contributed by atoms with Crippen LogP contribution in [-0.2, 0) is 0 Å². The van der Waals surface area contributed by atoms with Crippen LogP contribution < -0.4 is 5.32 Å². The van der Waals surface area contributed by atoms with Crippen molar-refractivity contribution in [2.24, 2.45) is 0 Å². The van der Waals surface area contributed by atoms with E-state index in [9.17, 15) is 4.79 Å². The molecular formula is C19H18N4O. The Kier molecular flexibility index (Phi) is 3.61. The van der Waals surface area contributed by atoms with Gasteiger partial charge in [0.25, 0.3) is 5.91 Å². The standard InChI is InChI=1S/C19H18N4O/c1-13-7-11-16(12-8-13)23-18(14-5-3-2-4-6-14)21-17(22-23)19(24)20-15-9-10-15/h2-8,11-12,15H,9-10H2,1H3,(H,20,24). The van der Waals surface area contributed by atoms with Crippen molar-refractivity contribution < 1.29 is 4.79 Å². The summed E-state index contributed by atoms with van der Waals surface area (Å²) in [6, 6.07) is 18.1. The Balaban J connectivity index is 1.78. The molecule has 0 aliphatic heterocycles. The molecule has 1 aromatic heterocycles. The normalized spacial score (nSPS) is 13.7. The molecule has 5 nitrogen and oxygen atoms in total. The number of hydrogen-bond acceptors (Lipinski definition) is 3. The van der Waals surface area contributed by atoms with Crippen LogP contribution in [0.4, 0.5) is 0 Å². The summed E-state index contributed by atoms with van der Waals surface area (Å²) in [6.45, 7) is 2.04. The van der Waals surface area contributed by atoms with Crippen LogP contribution in [0.5, 0.6) is 0 Å². The summed E-state index contributed by atoms with van der Waals surface area (Å²) in [5.41, 5.74) is 2.99. The zero-order chi connectivity index (χ0) is 16.5. The summed E-state index contributed by atoms with van der Waals surface area (Å²) < 4.78 is 1.73. The lowest BCUT2D eigenvalue weighted by atomic mass is 10.2. The number of hydrogen-bond donors (Lipinski definition) is 1. The quantitative estimate of drug-likeness (QED) is 0.804. The Morgan fingerprint density at radius 3 is 2.46 bits per heavy atom. The van der Waals surface area contributed by atoms with E-state index in [1.807, 2.05) is 61.5 Å². The molecule has 120 valence electrons. The number of aryl methyl sites for hydroxylation is 1. The monoisotopic (exact) mass is 318 g/mol. The number of amides is 1. The molecule has 0 bridgehead atoms. The molecule has 1 aliphatic carbocycles. The molecule has 1 N–H and O–H groups in total. The van der Waals surface area contributed by atoms with Gasteiger partial charge in [-0.25, -0.2) is 9.67 Å². The molecule has 0 radical (unpaired) electrons. The largest absolute Gasteiger partial charge is 0.347 e. The molecule has 1 amide bonds. The van der Waals surface area contributed by atoms with Gasteiger partial charge in [0.2, 0.25) is 5.82 Å². The van der Waals surface area contributed by atoms with Gasteiger partial charge < -0.3 is 5.32 Å². The van der Waals surface area contributed by atoms with Crippen molar-refractivity contribution in [3.05, 3.63) is 66.0 Å². The molecule has 1 fully saturated rings. The van der Waals surface area contributed by atoms with E-state index >= 15 is 0 Å². The smallest absolute Gasteiger partial charge is 0.291 e. The van der Waals surface area contributed by atoms with Crippen molar-refractivity contribution in [3.63, 3.8) is 0 Å². The molecule has 24 heavy (non-hydrogen) atoms. The Bertz CT molecular complexity index is 864. The third-order valence-electron chi connectivity index (χ3n) is 4.03. The zero-order valence-electron chi connectivity index (χ0n) is 13.4. The second-order valence-electron chi connectivity index (χ2n) is 6.12. The molecule has 4 rings (SSSR count). The maximum atomic E-state index is 12.3. The van der Waals surface area contributed by atoms with Crippen LogP contribution in [-0.4, -0.2) is 26.7 Å². The Labute approximate surface area is 140 Å². The van der Waals surface area contributed by atoms with Crippen LogP contribution in [0.15, 0.2) is 54.6 Å². The lowest BCUT2D eigenvalue weighted by Gasteiger charge is -2.06. The molecule has 2 aromatic carbocycles. The number of benzene rings is 2. The summed E-state index contributed by atoms with van der Waals surface area (Å²) in [5, 5.41) is 7.41. The second kappa shape index (κ2) is 5.92. The van der Waals surface area contributed by atoms with Gasteiger partial charge >= 0.3 is 0 Å². The minimum absolute atomic E-state index is 0.208. The van der Waals surface area contributed by atoms with Crippen LogP contribution in [0, 0.1) is 6.92 Å². The van der Waals surface area contributed by atoms with E-state index in [1.54, 1.807) is 4.68 Å². The van der Waals surface area contributed by atoms with E-state index in [1.165, 1.54) is 5.56 Å². The van der Waals surface area contributed by atoms with Crippen LogP contribution >= 0.6 is 0 Å². The predicted molar refractivity (Wildman–Crippen MR) is 92.0 cm³/mol. The minimum Gasteiger partial charge on any atom is -0.347 e.